The molecule has 0 saturated carbocycles. The van der Waals surface area contributed by atoms with Crippen molar-refractivity contribution >= 4 is 34.7 Å². The number of carbonyl (C=O) groups is 2. The van der Waals surface area contributed by atoms with E-state index in [1.54, 1.807) is 4.90 Å². The van der Waals surface area contributed by atoms with Crippen LogP contribution in [0.4, 0.5) is 4.79 Å². The number of amides is 1. The number of carbonyl (C=O) groups excluding carboxylic acids is 1. The van der Waals surface area contributed by atoms with Crippen LogP contribution in [0.15, 0.2) is 24.3 Å². The van der Waals surface area contributed by atoms with Crippen LogP contribution in [0.3, 0.4) is 0 Å². The minimum absolute atomic E-state index is 0.0483. The highest BCUT2D eigenvalue weighted by Gasteiger charge is 2.37. The zero-order chi connectivity index (χ0) is 17.9. The number of hydrogen-bond acceptors (Lipinski definition) is 3. The SMILES string of the molecule is CC(C)(C)OC(=O)N1CC[C@H]([C@H](Cc2cccc(I)c2)C(=O)O)C1. The molecule has 1 saturated heterocycles. The zero-order valence-corrected chi connectivity index (χ0v) is 16.4. The van der Waals surface area contributed by atoms with E-state index >= 15 is 0 Å². The molecule has 0 unspecified atom stereocenters. The average Bonchev–Trinajstić information content (AvgIpc) is 2.92. The lowest BCUT2D eigenvalue weighted by molar-refractivity contribution is -0.143. The van der Waals surface area contributed by atoms with E-state index in [-0.39, 0.29) is 12.0 Å². The molecule has 1 aromatic carbocycles. The summed E-state index contributed by atoms with van der Waals surface area (Å²) in [5.41, 5.74) is 0.479. The molecule has 0 aromatic heterocycles. The Balaban J connectivity index is 2.02. The van der Waals surface area contributed by atoms with E-state index in [9.17, 15) is 14.7 Å². The number of hydrogen-bond donors (Lipinski definition) is 1. The Morgan fingerprint density at radius 1 is 1.42 bits per heavy atom. The second-order valence-electron chi connectivity index (χ2n) is 7.25. The van der Waals surface area contributed by atoms with E-state index in [1.807, 2.05) is 45.0 Å². The summed E-state index contributed by atoms with van der Waals surface area (Å²) in [5, 5.41) is 9.64. The average molecular weight is 445 g/mol. The normalized spacial score (nSPS) is 19.2. The maximum Gasteiger partial charge on any atom is 0.410 e. The van der Waals surface area contributed by atoms with Crippen LogP contribution in [-0.4, -0.2) is 40.8 Å². The van der Waals surface area contributed by atoms with E-state index in [1.165, 1.54) is 0 Å². The van der Waals surface area contributed by atoms with E-state index < -0.39 is 17.5 Å². The second kappa shape index (κ2) is 7.72. The first-order chi connectivity index (χ1) is 11.2. The number of carboxylic acid groups (broad SMARTS) is 1. The van der Waals surface area contributed by atoms with Crippen molar-refractivity contribution in [2.75, 3.05) is 13.1 Å². The third-order valence-electron chi connectivity index (χ3n) is 4.11. The molecule has 1 amide bonds. The fourth-order valence-electron chi connectivity index (χ4n) is 2.98. The van der Waals surface area contributed by atoms with Crippen molar-refractivity contribution < 1.29 is 19.4 Å². The Bertz CT molecular complexity index is 611. The van der Waals surface area contributed by atoms with Gasteiger partial charge in [-0.05, 0) is 79.8 Å². The molecule has 24 heavy (non-hydrogen) atoms. The zero-order valence-electron chi connectivity index (χ0n) is 14.3. The summed E-state index contributed by atoms with van der Waals surface area (Å²) in [7, 11) is 0. The summed E-state index contributed by atoms with van der Waals surface area (Å²) in [5.74, 6) is -1.34. The van der Waals surface area contributed by atoms with Crippen LogP contribution in [-0.2, 0) is 16.0 Å². The fourth-order valence-corrected chi connectivity index (χ4v) is 3.59. The predicted octanol–water partition coefficient (Wildman–Crippen LogP) is 3.79. The molecule has 132 valence electrons. The predicted molar refractivity (Wildman–Crippen MR) is 99.9 cm³/mol. The molecule has 1 heterocycles. The molecule has 1 aliphatic rings. The third-order valence-corrected chi connectivity index (χ3v) is 4.78. The van der Waals surface area contributed by atoms with Crippen LogP contribution in [0, 0.1) is 15.4 Å². The molecule has 5 nitrogen and oxygen atoms in total. The van der Waals surface area contributed by atoms with Crippen molar-refractivity contribution in [3.63, 3.8) is 0 Å². The Morgan fingerprint density at radius 3 is 2.71 bits per heavy atom. The highest BCUT2D eigenvalue weighted by molar-refractivity contribution is 14.1. The number of nitrogens with zero attached hydrogens (tertiary/aromatic N) is 1. The standard InChI is InChI=1S/C18H24INO4/c1-18(2,3)24-17(23)20-8-7-13(11-20)15(16(21)22)10-12-5-4-6-14(19)9-12/h4-6,9,13,15H,7-8,10-11H2,1-3H3,(H,21,22)/t13-,15-/m0/s1. The van der Waals surface area contributed by atoms with Crippen molar-refractivity contribution in [3.8, 4) is 0 Å². The summed E-state index contributed by atoms with van der Waals surface area (Å²) in [6.45, 7) is 6.48. The number of benzene rings is 1. The summed E-state index contributed by atoms with van der Waals surface area (Å²) >= 11 is 2.23. The summed E-state index contributed by atoms with van der Waals surface area (Å²) < 4.78 is 6.48. The van der Waals surface area contributed by atoms with Gasteiger partial charge in [0, 0.05) is 16.7 Å². The third kappa shape index (κ3) is 5.36. The fraction of sp³-hybridized carbons (Fsp3) is 0.556. The molecule has 2 atom stereocenters. The topological polar surface area (TPSA) is 66.8 Å². The number of aliphatic carboxylic acids is 1. The highest BCUT2D eigenvalue weighted by Crippen LogP contribution is 2.29. The van der Waals surface area contributed by atoms with Crippen LogP contribution in [0.1, 0.15) is 32.8 Å². The summed E-state index contributed by atoms with van der Waals surface area (Å²) in [4.78, 5) is 25.5. The molecule has 1 fully saturated rings. The highest BCUT2D eigenvalue weighted by atomic mass is 127. The van der Waals surface area contributed by atoms with Gasteiger partial charge in [0.15, 0.2) is 0 Å². The lowest BCUT2D eigenvalue weighted by Crippen LogP contribution is -2.36. The van der Waals surface area contributed by atoms with Crippen molar-refractivity contribution in [2.24, 2.45) is 11.8 Å². The molecule has 1 aromatic rings. The molecular weight excluding hydrogens is 421 g/mol. The summed E-state index contributed by atoms with van der Waals surface area (Å²) in [6, 6.07) is 7.90. The lowest BCUT2D eigenvalue weighted by Gasteiger charge is -2.25. The Morgan fingerprint density at radius 2 is 2.12 bits per heavy atom. The molecule has 1 N–H and O–H groups in total. The van der Waals surface area contributed by atoms with Gasteiger partial charge in [0.1, 0.15) is 5.60 Å². The van der Waals surface area contributed by atoms with Crippen LogP contribution in [0.5, 0.6) is 0 Å². The Labute approximate surface area is 156 Å². The van der Waals surface area contributed by atoms with Gasteiger partial charge in [-0.3, -0.25) is 4.79 Å². The van der Waals surface area contributed by atoms with Crippen molar-refractivity contribution in [1.29, 1.82) is 0 Å². The maximum atomic E-state index is 12.2. The van der Waals surface area contributed by atoms with E-state index in [4.69, 9.17) is 4.74 Å². The molecular formula is C18H24INO4. The van der Waals surface area contributed by atoms with Crippen molar-refractivity contribution in [1.82, 2.24) is 4.90 Å². The number of carboxylic acids is 1. The number of halogens is 1. The van der Waals surface area contributed by atoms with Gasteiger partial charge in [-0.25, -0.2) is 4.79 Å². The van der Waals surface area contributed by atoms with Crippen molar-refractivity contribution in [2.45, 2.75) is 39.2 Å². The lowest BCUT2D eigenvalue weighted by atomic mass is 9.86. The van der Waals surface area contributed by atoms with E-state index in [2.05, 4.69) is 22.6 Å². The second-order valence-corrected chi connectivity index (χ2v) is 8.50. The van der Waals surface area contributed by atoms with Crippen LogP contribution in [0.2, 0.25) is 0 Å². The smallest absolute Gasteiger partial charge is 0.410 e. The molecule has 0 radical (unpaired) electrons. The van der Waals surface area contributed by atoms with Crippen molar-refractivity contribution in [3.05, 3.63) is 33.4 Å². The monoisotopic (exact) mass is 445 g/mol. The van der Waals surface area contributed by atoms with Gasteiger partial charge in [-0.2, -0.15) is 0 Å². The van der Waals surface area contributed by atoms with Gasteiger partial charge >= 0.3 is 12.1 Å². The number of ether oxygens (including phenoxy) is 1. The van der Waals surface area contributed by atoms with Crippen LogP contribution in [0.25, 0.3) is 0 Å². The van der Waals surface area contributed by atoms with Gasteiger partial charge in [0.2, 0.25) is 0 Å². The largest absolute Gasteiger partial charge is 0.481 e. The molecule has 0 bridgehead atoms. The minimum atomic E-state index is -0.801. The quantitative estimate of drug-likeness (QED) is 0.717. The van der Waals surface area contributed by atoms with Crippen LogP contribution < -0.4 is 0 Å². The molecule has 0 spiro atoms. The first-order valence-electron chi connectivity index (χ1n) is 8.11. The van der Waals surface area contributed by atoms with Gasteiger partial charge in [0.05, 0.1) is 5.92 Å². The molecule has 0 aliphatic carbocycles. The molecule has 1 aliphatic heterocycles. The van der Waals surface area contributed by atoms with Gasteiger partial charge < -0.3 is 14.7 Å². The minimum Gasteiger partial charge on any atom is -0.481 e. The maximum absolute atomic E-state index is 12.2. The van der Waals surface area contributed by atoms with Crippen LogP contribution >= 0.6 is 22.6 Å². The van der Waals surface area contributed by atoms with Gasteiger partial charge in [0.25, 0.3) is 0 Å². The Hall–Kier alpha value is -1.31. The van der Waals surface area contributed by atoms with Gasteiger partial charge in [-0.1, -0.05) is 12.1 Å². The number of likely N-dealkylation sites (tertiary alicyclic amines) is 1. The van der Waals surface area contributed by atoms with E-state index in [0.29, 0.717) is 25.9 Å². The van der Waals surface area contributed by atoms with Gasteiger partial charge in [-0.15, -0.1) is 0 Å². The number of rotatable bonds is 4. The summed E-state index contributed by atoms with van der Waals surface area (Å²) in [6.07, 6.45) is 0.822. The Kier molecular flexibility index (Phi) is 6.11. The first kappa shape index (κ1) is 19.0. The molecule has 6 heteroatoms. The van der Waals surface area contributed by atoms with E-state index in [0.717, 1.165) is 9.13 Å². The first-order valence-corrected chi connectivity index (χ1v) is 9.19. The molecule has 2 rings (SSSR count).